The minimum absolute atomic E-state index is 0.148. The third kappa shape index (κ3) is 4.83. The number of carbonyl (C=O) groups excluding carboxylic acids is 1. The number of amides is 1. The molecule has 1 amide bonds. The van der Waals surface area contributed by atoms with Crippen molar-refractivity contribution in [3.63, 3.8) is 0 Å². The second-order valence-electron chi connectivity index (χ2n) is 5.68. The maximum Gasteiger partial charge on any atom is 0.236 e. The summed E-state index contributed by atoms with van der Waals surface area (Å²) in [5, 5.41) is 21.3. The molecule has 3 aromatic rings. The summed E-state index contributed by atoms with van der Waals surface area (Å²) >= 11 is 2.73. The van der Waals surface area contributed by atoms with Crippen LogP contribution >= 0.6 is 23.1 Å². The van der Waals surface area contributed by atoms with Gasteiger partial charge in [-0.1, -0.05) is 42.2 Å². The highest BCUT2D eigenvalue weighted by Gasteiger charge is 2.14. The highest BCUT2D eigenvalue weighted by atomic mass is 32.2. The van der Waals surface area contributed by atoms with Crippen LogP contribution in [0.2, 0.25) is 0 Å². The van der Waals surface area contributed by atoms with E-state index < -0.39 is 0 Å². The summed E-state index contributed by atoms with van der Waals surface area (Å²) in [4.78, 5) is 12.2. The largest absolute Gasteiger partial charge is 0.497 e. The van der Waals surface area contributed by atoms with Gasteiger partial charge in [-0.3, -0.25) is 10.1 Å². The molecule has 8 nitrogen and oxygen atoms in total. The number of methoxy groups -OCH3 is 1. The minimum atomic E-state index is -0.148. The normalized spacial score (nSPS) is 10.8. The van der Waals surface area contributed by atoms with Crippen LogP contribution in [0.15, 0.2) is 29.4 Å². The van der Waals surface area contributed by atoms with Crippen LogP contribution in [0.25, 0.3) is 11.4 Å². The lowest BCUT2D eigenvalue weighted by Gasteiger charge is -2.05. The van der Waals surface area contributed by atoms with E-state index in [4.69, 9.17) is 4.74 Å². The first-order valence-corrected chi connectivity index (χ1v) is 10.2. The molecule has 0 saturated carbocycles. The Morgan fingerprint density at radius 3 is 2.93 bits per heavy atom. The quantitative estimate of drug-likeness (QED) is 0.577. The van der Waals surface area contributed by atoms with Gasteiger partial charge >= 0.3 is 0 Å². The van der Waals surface area contributed by atoms with Gasteiger partial charge in [-0.05, 0) is 18.6 Å². The van der Waals surface area contributed by atoms with Gasteiger partial charge in [-0.15, -0.1) is 20.4 Å². The Morgan fingerprint density at radius 2 is 2.15 bits per heavy atom. The molecule has 2 heterocycles. The van der Waals surface area contributed by atoms with Crippen LogP contribution in [0.1, 0.15) is 18.4 Å². The predicted molar refractivity (Wildman–Crippen MR) is 106 cm³/mol. The highest BCUT2D eigenvalue weighted by molar-refractivity contribution is 7.99. The van der Waals surface area contributed by atoms with Crippen molar-refractivity contribution < 1.29 is 9.53 Å². The molecule has 142 valence electrons. The number of benzene rings is 1. The average molecular weight is 405 g/mol. The molecule has 0 unspecified atom stereocenters. The Kier molecular flexibility index (Phi) is 6.40. The number of nitrogens with one attached hydrogen (secondary N) is 1. The summed E-state index contributed by atoms with van der Waals surface area (Å²) in [6.07, 6.45) is 1.87. The molecule has 3 rings (SSSR count). The fourth-order valence-corrected chi connectivity index (χ4v) is 3.93. The number of nitrogens with zero attached hydrogens (tertiary/aromatic N) is 5. The molecule has 10 heteroatoms. The fraction of sp³-hybridized carbons (Fsp3) is 0.353. The van der Waals surface area contributed by atoms with Crippen molar-refractivity contribution in [1.29, 1.82) is 0 Å². The zero-order chi connectivity index (χ0) is 19.2. The number of aromatic nitrogens is 5. The van der Waals surface area contributed by atoms with Crippen molar-refractivity contribution >= 4 is 34.1 Å². The second-order valence-corrected chi connectivity index (χ2v) is 7.69. The molecule has 0 atom stereocenters. The first-order chi connectivity index (χ1) is 13.1. The molecule has 0 aliphatic rings. The first kappa shape index (κ1) is 19.3. The van der Waals surface area contributed by atoms with E-state index in [1.807, 2.05) is 35.9 Å². The fourth-order valence-electron chi connectivity index (χ4n) is 2.36. The zero-order valence-corrected chi connectivity index (χ0v) is 16.9. The van der Waals surface area contributed by atoms with Gasteiger partial charge in [-0.25, -0.2) is 0 Å². The SMILES string of the molecule is CCCc1nnc(NC(=O)CSc2nnc(-c3cccc(OC)c3)n2C)s1. The van der Waals surface area contributed by atoms with Crippen molar-refractivity contribution in [3.05, 3.63) is 29.3 Å². The summed E-state index contributed by atoms with van der Waals surface area (Å²) < 4.78 is 7.11. The Bertz CT molecular complexity index is 924. The standard InChI is InChI=1S/C17H20N6O2S2/c1-4-6-14-19-21-16(27-14)18-13(24)10-26-17-22-20-15(23(17)2)11-7-5-8-12(9-11)25-3/h5,7-9H,4,6,10H2,1-3H3,(H,18,21,24). The van der Waals surface area contributed by atoms with Gasteiger partial charge in [0.25, 0.3) is 0 Å². The van der Waals surface area contributed by atoms with Crippen LogP contribution in [0.5, 0.6) is 5.75 Å². The van der Waals surface area contributed by atoms with Crippen molar-refractivity contribution in [1.82, 2.24) is 25.0 Å². The lowest BCUT2D eigenvalue weighted by atomic mass is 10.2. The molecule has 0 bridgehead atoms. The highest BCUT2D eigenvalue weighted by Crippen LogP contribution is 2.25. The Morgan fingerprint density at radius 1 is 1.30 bits per heavy atom. The summed E-state index contributed by atoms with van der Waals surface area (Å²) in [6.45, 7) is 2.08. The summed E-state index contributed by atoms with van der Waals surface area (Å²) in [5.74, 6) is 1.53. The smallest absolute Gasteiger partial charge is 0.236 e. The van der Waals surface area contributed by atoms with Gasteiger partial charge in [0.15, 0.2) is 11.0 Å². The minimum Gasteiger partial charge on any atom is -0.497 e. The molecule has 2 aromatic heterocycles. The summed E-state index contributed by atoms with van der Waals surface area (Å²) in [7, 11) is 3.50. The Labute approximate surface area is 165 Å². The van der Waals surface area contributed by atoms with Gasteiger partial charge in [-0.2, -0.15) is 0 Å². The second kappa shape index (κ2) is 8.96. The van der Waals surface area contributed by atoms with Crippen LogP contribution in [-0.2, 0) is 18.3 Å². The monoisotopic (exact) mass is 404 g/mol. The molecular weight excluding hydrogens is 384 g/mol. The van der Waals surface area contributed by atoms with Crippen molar-refractivity contribution in [2.75, 3.05) is 18.2 Å². The molecule has 1 aromatic carbocycles. The van der Waals surface area contributed by atoms with E-state index in [0.717, 1.165) is 29.2 Å². The van der Waals surface area contributed by atoms with Crippen LogP contribution in [0, 0.1) is 0 Å². The molecule has 0 aliphatic carbocycles. The molecule has 0 fully saturated rings. The number of rotatable bonds is 8. The topological polar surface area (TPSA) is 94.8 Å². The van der Waals surface area contributed by atoms with Crippen molar-refractivity contribution in [2.45, 2.75) is 24.9 Å². The molecule has 27 heavy (non-hydrogen) atoms. The average Bonchev–Trinajstić information content (AvgIpc) is 3.26. The van der Waals surface area contributed by atoms with Gasteiger partial charge in [0.05, 0.1) is 12.9 Å². The molecule has 0 aliphatic heterocycles. The van der Waals surface area contributed by atoms with Crippen LogP contribution in [0.4, 0.5) is 5.13 Å². The number of hydrogen-bond donors (Lipinski definition) is 1. The van der Waals surface area contributed by atoms with Crippen LogP contribution in [-0.4, -0.2) is 43.7 Å². The number of hydrogen-bond acceptors (Lipinski definition) is 8. The maximum absolute atomic E-state index is 12.2. The first-order valence-electron chi connectivity index (χ1n) is 8.39. The maximum atomic E-state index is 12.2. The summed E-state index contributed by atoms with van der Waals surface area (Å²) in [6, 6.07) is 7.61. The zero-order valence-electron chi connectivity index (χ0n) is 15.3. The lowest BCUT2D eigenvalue weighted by Crippen LogP contribution is -2.14. The molecule has 1 N–H and O–H groups in total. The Balaban J connectivity index is 1.61. The van der Waals surface area contributed by atoms with Crippen molar-refractivity contribution in [3.8, 4) is 17.1 Å². The third-order valence-electron chi connectivity index (χ3n) is 3.67. The number of thioether (sulfide) groups is 1. The van der Waals surface area contributed by atoms with E-state index in [-0.39, 0.29) is 11.7 Å². The van der Waals surface area contributed by atoms with Crippen LogP contribution in [0.3, 0.4) is 0 Å². The van der Waals surface area contributed by atoms with Gasteiger partial charge < -0.3 is 9.30 Å². The van der Waals surface area contributed by atoms with E-state index in [0.29, 0.717) is 16.1 Å². The van der Waals surface area contributed by atoms with Gasteiger partial charge in [0.2, 0.25) is 11.0 Å². The van der Waals surface area contributed by atoms with Crippen molar-refractivity contribution in [2.24, 2.45) is 7.05 Å². The van der Waals surface area contributed by atoms with Gasteiger partial charge in [0, 0.05) is 19.0 Å². The number of carbonyl (C=O) groups is 1. The summed E-state index contributed by atoms with van der Waals surface area (Å²) in [5.41, 5.74) is 0.901. The molecular formula is C17H20N6O2S2. The lowest BCUT2D eigenvalue weighted by molar-refractivity contribution is -0.113. The molecule has 0 radical (unpaired) electrons. The van der Waals surface area contributed by atoms with E-state index in [2.05, 4.69) is 32.6 Å². The number of ether oxygens (including phenoxy) is 1. The van der Waals surface area contributed by atoms with Crippen LogP contribution < -0.4 is 10.1 Å². The van der Waals surface area contributed by atoms with E-state index in [9.17, 15) is 4.79 Å². The third-order valence-corrected chi connectivity index (χ3v) is 5.59. The molecule has 0 spiro atoms. The Hall–Kier alpha value is -2.46. The van der Waals surface area contributed by atoms with E-state index in [1.165, 1.54) is 23.1 Å². The van der Waals surface area contributed by atoms with E-state index in [1.54, 1.807) is 7.11 Å². The number of anilines is 1. The number of aryl methyl sites for hydroxylation is 1. The predicted octanol–water partition coefficient (Wildman–Crippen LogP) is 3.03. The van der Waals surface area contributed by atoms with E-state index >= 15 is 0 Å². The molecule has 0 saturated heterocycles. The van der Waals surface area contributed by atoms with Gasteiger partial charge in [0.1, 0.15) is 10.8 Å².